The smallest absolute Gasteiger partial charge is 0.407 e. The summed E-state index contributed by atoms with van der Waals surface area (Å²) in [6.07, 6.45) is 2.53. The zero-order chi connectivity index (χ0) is 39.0. The molecule has 6 aromatic rings. The van der Waals surface area contributed by atoms with Crippen molar-refractivity contribution in [3.8, 4) is 40.5 Å². The molecule has 11 nitrogen and oxygen atoms in total. The third-order valence-electron chi connectivity index (χ3n) is 11.5. The summed E-state index contributed by atoms with van der Waals surface area (Å²) in [5.74, 6) is 0.741. The average molecular weight is 765 g/mol. The molecule has 12 heteroatoms. The lowest BCUT2D eigenvalue weighted by Gasteiger charge is -2.40. The maximum absolute atomic E-state index is 18.0. The van der Waals surface area contributed by atoms with Crippen molar-refractivity contribution in [2.24, 2.45) is 0 Å². The summed E-state index contributed by atoms with van der Waals surface area (Å²) in [7, 11) is 2.06. The summed E-state index contributed by atoms with van der Waals surface area (Å²) >= 11 is 0. The SMILES string of the molecule is CN1CCCC1COc1nc(N2C[C@H]3CC[C@@H](C2)N3C(=O)O)c2cc(Oc3ccccc3C#N)c(-c3cc(OCc4ccccc4)cc4ccccc34)c(F)c2n1. The van der Waals surface area contributed by atoms with Crippen molar-refractivity contribution in [1.82, 2.24) is 19.8 Å². The Balaban J connectivity index is 1.24. The number of carboxylic acid groups (broad SMARTS) is 1. The van der Waals surface area contributed by atoms with Gasteiger partial charge in [-0.3, -0.25) is 4.90 Å². The number of nitriles is 1. The molecule has 4 heterocycles. The van der Waals surface area contributed by atoms with Crippen LogP contribution in [-0.4, -0.2) is 82.4 Å². The van der Waals surface area contributed by atoms with Crippen LogP contribution in [0.2, 0.25) is 0 Å². The number of amides is 1. The Labute approximate surface area is 329 Å². The summed E-state index contributed by atoms with van der Waals surface area (Å²) < 4.78 is 37.3. The van der Waals surface area contributed by atoms with Crippen LogP contribution < -0.4 is 19.1 Å². The normalized spacial score (nSPS) is 19.2. The second-order valence-electron chi connectivity index (χ2n) is 15.0. The van der Waals surface area contributed by atoms with Crippen molar-refractivity contribution < 1.29 is 28.5 Å². The molecule has 1 aromatic heterocycles. The second-order valence-corrected chi connectivity index (χ2v) is 15.0. The van der Waals surface area contributed by atoms with Crippen LogP contribution in [0.5, 0.6) is 23.3 Å². The van der Waals surface area contributed by atoms with Crippen molar-refractivity contribution in [3.05, 3.63) is 114 Å². The summed E-state index contributed by atoms with van der Waals surface area (Å²) in [6.45, 7) is 2.37. The maximum Gasteiger partial charge on any atom is 0.407 e. The summed E-state index contributed by atoms with van der Waals surface area (Å²) in [5.41, 5.74) is 1.96. The molecule has 0 aliphatic carbocycles. The number of hydrogen-bond donors (Lipinski definition) is 1. The van der Waals surface area contributed by atoms with E-state index in [-0.39, 0.29) is 52.3 Å². The van der Waals surface area contributed by atoms with Crippen LogP contribution in [0.3, 0.4) is 0 Å². The zero-order valence-electron chi connectivity index (χ0n) is 31.5. The van der Waals surface area contributed by atoms with Gasteiger partial charge in [0.05, 0.1) is 23.2 Å². The molecule has 1 unspecified atom stereocenters. The number of para-hydroxylation sites is 1. The molecule has 9 rings (SSSR count). The topological polar surface area (TPSA) is 124 Å². The number of rotatable bonds is 10. The van der Waals surface area contributed by atoms with E-state index in [0.717, 1.165) is 48.6 Å². The van der Waals surface area contributed by atoms with Gasteiger partial charge in [-0.15, -0.1) is 0 Å². The molecule has 3 saturated heterocycles. The van der Waals surface area contributed by atoms with Gasteiger partial charge < -0.3 is 29.1 Å². The largest absolute Gasteiger partial charge is 0.489 e. The minimum absolute atomic E-state index is 0.0402. The number of nitrogens with zero attached hydrogens (tertiary/aromatic N) is 6. The van der Waals surface area contributed by atoms with Gasteiger partial charge in [-0.2, -0.15) is 15.2 Å². The minimum Gasteiger partial charge on any atom is -0.489 e. The van der Waals surface area contributed by atoms with Crippen molar-refractivity contribution in [3.63, 3.8) is 0 Å². The van der Waals surface area contributed by atoms with E-state index < -0.39 is 11.9 Å². The Kier molecular flexibility index (Phi) is 9.68. The summed E-state index contributed by atoms with van der Waals surface area (Å²) in [5, 5.41) is 22.0. The van der Waals surface area contributed by atoms with Crippen LogP contribution in [0.25, 0.3) is 32.8 Å². The number of piperazine rings is 1. The lowest BCUT2D eigenvalue weighted by Crippen LogP contribution is -2.55. The van der Waals surface area contributed by atoms with Crippen molar-refractivity contribution >= 4 is 33.6 Å². The predicted molar refractivity (Wildman–Crippen MR) is 214 cm³/mol. The predicted octanol–water partition coefficient (Wildman–Crippen LogP) is 8.64. The van der Waals surface area contributed by atoms with Gasteiger partial charge in [0, 0.05) is 24.5 Å². The highest BCUT2D eigenvalue weighted by molar-refractivity contribution is 6.03. The molecule has 2 bridgehead atoms. The molecule has 1 amide bonds. The molecule has 0 radical (unpaired) electrons. The first-order valence-corrected chi connectivity index (χ1v) is 19.3. The summed E-state index contributed by atoms with van der Waals surface area (Å²) in [6, 6.07) is 31.8. The highest BCUT2D eigenvalue weighted by Crippen LogP contribution is 2.46. The first kappa shape index (κ1) is 36.2. The van der Waals surface area contributed by atoms with Gasteiger partial charge >= 0.3 is 12.1 Å². The van der Waals surface area contributed by atoms with Gasteiger partial charge in [0.15, 0.2) is 5.82 Å². The number of carbonyl (C=O) groups is 1. The molecule has 0 spiro atoms. The van der Waals surface area contributed by atoms with Crippen LogP contribution in [0.4, 0.5) is 15.0 Å². The molecule has 288 valence electrons. The van der Waals surface area contributed by atoms with Gasteiger partial charge in [-0.1, -0.05) is 66.7 Å². The Morgan fingerprint density at radius 3 is 2.40 bits per heavy atom. The van der Waals surface area contributed by atoms with E-state index in [1.54, 1.807) is 30.3 Å². The second kappa shape index (κ2) is 15.2. The van der Waals surface area contributed by atoms with E-state index in [2.05, 4.69) is 18.0 Å². The fourth-order valence-electron chi connectivity index (χ4n) is 8.63. The number of likely N-dealkylation sites (N-methyl/N-ethyl adjacent to an activating group) is 1. The van der Waals surface area contributed by atoms with E-state index in [1.165, 1.54) is 4.90 Å². The van der Waals surface area contributed by atoms with Crippen LogP contribution in [0, 0.1) is 17.1 Å². The molecule has 3 aliphatic rings. The minimum atomic E-state index is -0.941. The van der Waals surface area contributed by atoms with Crippen LogP contribution in [0.15, 0.2) is 97.1 Å². The van der Waals surface area contributed by atoms with E-state index in [9.17, 15) is 15.2 Å². The van der Waals surface area contributed by atoms with Gasteiger partial charge in [0.1, 0.15) is 47.9 Å². The van der Waals surface area contributed by atoms with Gasteiger partial charge in [-0.05, 0) is 91.5 Å². The van der Waals surface area contributed by atoms with Crippen molar-refractivity contribution in [1.29, 1.82) is 5.26 Å². The fourth-order valence-corrected chi connectivity index (χ4v) is 8.63. The first-order valence-electron chi connectivity index (χ1n) is 19.3. The van der Waals surface area contributed by atoms with Gasteiger partial charge in [-0.25, -0.2) is 9.18 Å². The average Bonchev–Trinajstić information content (AvgIpc) is 3.77. The number of aromatic nitrogens is 2. The highest BCUT2D eigenvalue weighted by Gasteiger charge is 2.44. The molecule has 3 fully saturated rings. The molecular formula is C45H41FN6O5. The fraction of sp³-hybridized carbons (Fsp3) is 0.289. The Bertz CT molecular complexity index is 2520. The Morgan fingerprint density at radius 1 is 0.895 bits per heavy atom. The van der Waals surface area contributed by atoms with E-state index in [1.807, 2.05) is 71.6 Å². The lowest BCUT2D eigenvalue weighted by molar-refractivity contribution is 0.114. The number of benzene rings is 5. The molecule has 0 saturated carbocycles. The number of hydrogen-bond acceptors (Lipinski definition) is 9. The standard InChI is InChI=1S/C45H41FN6O5/c1-50-19-9-14-33(50)27-56-44-48-42-37(43(49-44)51-24-31-17-18-32(25-51)52(31)45(53)54)22-39(57-38-16-8-6-13-30(38)23-47)40(41(42)46)36-21-34(20-29-12-5-7-15-35(29)36)55-26-28-10-3-2-4-11-28/h2-8,10-13,15-16,20-22,31-33H,9,14,17-19,24-27H2,1H3,(H,53,54)/t31-,32+,33?. The first-order chi connectivity index (χ1) is 27.8. The van der Waals surface area contributed by atoms with Crippen LogP contribution in [0.1, 0.15) is 36.8 Å². The third kappa shape index (κ3) is 7.00. The number of ether oxygens (including phenoxy) is 3. The molecule has 3 aliphatic heterocycles. The molecule has 1 N–H and O–H groups in total. The monoisotopic (exact) mass is 764 g/mol. The van der Waals surface area contributed by atoms with Crippen molar-refractivity contribution in [2.75, 3.05) is 38.2 Å². The highest BCUT2D eigenvalue weighted by atomic mass is 19.1. The molecule has 5 aromatic carbocycles. The number of likely N-dealkylation sites (tertiary alicyclic amines) is 1. The van der Waals surface area contributed by atoms with Gasteiger partial charge in [0.25, 0.3) is 0 Å². The number of anilines is 1. The maximum atomic E-state index is 18.0. The van der Waals surface area contributed by atoms with Gasteiger partial charge in [0.2, 0.25) is 0 Å². The van der Waals surface area contributed by atoms with E-state index in [4.69, 9.17) is 24.2 Å². The molecular weight excluding hydrogens is 724 g/mol. The van der Waals surface area contributed by atoms with E-state index in [0.29, 0.717) is 48.8 Å². The Morgan fingerprint density at radius 2 is 1.65 bits per heavy atom. The Hall–Kier alpha value is -6.45. The van der Waals surface area contributed by atoms with Crippen LogP contribution in [-0.2, 0) is 6.61 Å². The molecule has 3 atom stereocenters. The number of halogens is 1. The lowest BCUT2D eigenvalue weighted by atomic mass is 9.95. The summed E-state index contributed by atoms with van der Waals surface area (Å²) in [4.78, 5) is 27.7. The van der Waals surface area contributed by atoms with E-state index >= 15 is 4.39 Å². The molecule has 57 heavy (non-hydrogen) atoms. The quantitative estimate of drug-likeness (QED) is 0.145. The van der Waals surface area contributed by atoms with Crippen molar-refractivity contribution in [2.45, 2.75) is 50.4 Å². The zero-order valence-corrected chi connectivity index (χ0v) is 31.5. The number of fused-ring (bicyclic) bond motifs is 4. The van der Waals surface area contributed by atoms with Crippen LogP contribution >= 0.6 is 0 Å². The third-order valence-corrected chi connectivity index (χ3v) is 11.5.